The van der Waals surface area contributed by atoms with Crippen LogP contribution in [0.25, 0.3) is 0 Å². The summed E-state index contributed by atoms with van der Waals surface area (Å²) in [5.41, 5.74) is 4.66. The predicted octanol–water partition coefficient (Wildman–Crippen LogP) is -0.480. The van der Waals surface area contributed by atoms with Crippen LogP contribution in [0, 0.1) is 0 Å². The van der Waals surface area contributed by atoms with E-state index in [4.69, 9.17) is 21.1 Å². The van der Waals surface area contributed by atoms with Crippen LogP contribution in [0.1, 0.15) is 13.8 Å². The molecule has 0 radical (unpaired) electrons. The van der Waals surface area contributed by atoms with E-state index in [9.17, 15) is 14.4 Å². The van der Waals surface area contributed by atoms with Crippen LogP contribution in [0.3, 0.4) is 0 Å². The van der Waals surface area contributed by atoms with Crippen LogP contribution in [-0.2, 0) is 14.4 Å². The zero-order valence-corrected chi connectivity index (χ0v) is 8.30. The summed E-state index contributed by atoms with van der Waals surface area (Å²) in [7, 11) is 0. The molecule has 0 heterocycles. The van der Waals surface area contributed by atoms with Gasteiger partial charge in [-0.25, -0.2) is 9.59 Å². The zero-order chi connectivity index (χ0) is 12.6. The maximum Gasteiger partial charge on any atom is 0.331 e. The molecule has 0 aromatic rings. The van der Waals surface area contributed by atoms with Crippen molar-refractivity contribution >= 4 is 17.9 Å². The summed E-state index contributed by atoms with van der Waals surface area (Å²) in [4.78, 5) is 29.3. The second-order valence-electron chi connectivity index (χ2n) is 2.60. The minimum absolute atomic E-state index is 0.178. The van der Waals surface area contributed by atoms with Crippen LogP contribution in [-0.4, -0.2) is 39.3 Å². The van der Waals surface area contributed by atoms with E-state index in [1.54, 1.807) is 0 Å². The molecule has 15 heavy (non-hydrogen) atoms. The highest BCUT2D eigenvalue weighted by atomic mass is 16.4. The maximum atomic E-state index is 9.90. The summed E-state index contributed by atoms with van der Waals surface area (Å²) in [5.74, 6) is -3.41. The van der Waals surface area contributed by atoms with Gasteiger partial charge in [-0.1, -0.05) is 0 Å². The summed E-state index contributed by atoms with van der Waals surface area (Å²) in [6.45, 7) is 2.64. The van der Waals surface area contributed by atoms with Crippen LogP contribution >= 0.6 is 0 Å². The number of carboxylic acids is 3. The first kappa shape index (κ1) is 15.6. The number of carboxylic acid groups (broad SMARTS) is 3. The Morgan fingerprint density at radius 1 is 1.20 bits per heavy atom. The van der Waals surface area contributed by atoms with Gasteiger partial charge in [0.15, 0.2) is 0 Å². The molecule has 0 bridgehead atoms. The monoisotopic (exact) mass is 219 g/mol. The molecule has 0 aromatic heterocycles. The number of hydrogen-bond donors (Lipinski definition) is 4. The molecule has 0 fully saturated rings. The molecule has 7 heteroatoms. The summed E-state index contributed by atoms with van der Waals surface area (Å²) >= 11 is 0. The van der Waals surface area contributed by atoms with Crippen LogP contribution < -0.4 is 5.73 Å². The first-order valence-corrected chi connectivity index (χ1v) is 3.81. The topological polar surface area (TPSA) is 138 Å². The van der Waals surface area contributed by atoms with Gasteiger partial charge < -0.3 is 21.1 Å². The lowest BCUT2D eigenvalue weighted by Crippen LogP contribution is -2.25. The largest absolute Gasteiger partial charge is 0.480 e. The second kappa shape index (κ2) is 7.51. The Morgan fingerprint density at radius 2 is 1.53 bits per heavy atom. The fraction of sp³-hybridized carbons (Fsp3) is 0.375. The van der Waals surface area contributed by atoms with Gasteiger partial charge in [0.05, 0.1) is 0 Å². The van der Waals surface area contributed by atoms with Gasteiger partial charge in [0.1, 0.15) is 6.04 Å². The molecule has 0 rings (SSSR count). The van der Waals surface area contributed by atoms with E-state index >= 15 is 0 Å². The third-order valence-corrected chi connectivity index (χ3v) is 1.07. The summed E-state index contributed by atoms with van der Waals surface area (Å²) < 4.78 is 0. The van der Waals surface area contributed by atoms with Gasteiger partial charge in [0.25, 0.3) is 0 Å². The van der Waals surface area contributed by atoms with Crippen LogP contribution in [0.15, 0.2) is 11.6 Å². The van der Waals surface area contributed by atoms with Gasteiger partial charge in [-0.3, -0.25) is 4.79 Å². The molecule has 7 nitrogen and oxygen atoms in total. The molecule has 0 amide bonds. The van der Waals surface area contributed by atoms with E-state index < -0.39 is 23.9 Å². The van der Waals surface area contributed by atoms with Gasteiger partial charge in [-0.05, 0) is 13.8 Å². The average molecular weight is 219 g/mol. The fourth-order valence-electron chi connectivity index (χ4n) is 0.247. The number of hydrogen-bond acceptors (Lipinski definition) is 4. The third kappa shape index (κ3) is 12.1. The van der Waals surface area contributed by atoms with Crippen molar-refractivity contribution in [3.05, 3.63) is 11.6 Å². The predicted molar refractivity (Wildman–Crippen MR) is 50.3 cm³/mol. The SMILES string of the molecule is C/C(=C\C(=O)O)C(=O)O.C[C@H](N)C(=O)O. The van der Waals surface area contributed by atoms with Crippen LogP contribution in [0.2, 0.25) is 0 Å². The van der Waals surface area contributed by atoms with Gasteiger partial charge in [-0.15, -0.1) is 0 Å². The van der Waals surface area contributed by atoms with E-state index in [0.29, 0.717) is 6.08 Å². The van der Waals surface area contributed by atoms with Crippen molar-refractivity contribution in [2.45, 2.75) is 19.9 Å². The Balaban J connectivity index is 0. The van der Waals surface area contributed by atoms with Crippen molar-refractivity contribution in [3.63, 3.8) is 0 Å². The van der Waals surface area contributed by atoms with E-state index in [2.05, 4.69) is 0 Å². The minimum Gasteiger partial charge on any atom is -0.480 e. The van der Waals surface area contributed by atoms with E-state index in [0.717, 1.165) is 0 Å². The third-order valence-electron chi connectivity index (χ3n) is 1.07. The van der Waals surface area contributed by atoms with E-state index in [1.165, 1.54) is 13.8 Å². The Kier molecular flexibility index (Phi) is 7.80. The van der Waals surface area contributed by atoms with Crippen molar-refractivity contribution < 1.29 is 29.7 Å². The normalized spacial score (nSPS) is 12.1. The molecule has 1 atom stereocenters. The number of rotatable bonds is 3. The molecular formula is C8H13NO6. The van der Waals surface area contributed by atoms with E-state index in [1.807, 2.05) is 0 Å². The van der Waals surface area contributed by atoms with Crippen molar-refractivity contribution in [2.75, 3.05) is 0 Å². The van der Waals surface area contributed by atoms with Crippen molar-refractivity contribution in [1.29, 1.82) is 0 Å². The molecule has 5 N–H and O–H groups in total. The van der Waals surface area contributed by atoms with Gasteiger partial charge in [0, 0.05) is 11.6 Å². The maximum absolute atomic E-state index is 9.90. The fourth-order valence-corrected chi connectivity index (χ4v) is 0.247. The van der Waals surface area contributed by atoms with Gasteiger partial charge in [0.2, 0.25) is 0 Å². The second-order valence-corrected chi connectivity index (χ2v) is 2.60. The lowest BCUT2D eigenvalue weighted by molar-refractivity contribution is -0.138. The molecule has 0 aliphatic carbocycles. The Morgan fingerprint density at radius 3 is 1.60 bits per heavy atom. The van der Waals surface area contributed by atoms with Crippen molar-refractivity contribution in [3.8, 4) is 0 Å². The van der Waals surface area contributed by atoms with Gasteiger partial charge >= 0.3 is 17.9 Å². The molecular weight excluding hydrogens is 206 g/mol. The molecule has 0 unspecified atom stereocenters. The van der Waals surface area contributed by atoms with Crippen molar-refractivity contribution in [1.82, 2.24) is 0 Å². The highest BCUT2D eigenvalue weighted by Crippen LogP contribution is 1.89. The lowest BCUT2D eigenvalue weighted by atomic mass is 10.3. The first-order chi connectivity index (χ1) is 6.68. The van der Waals surface area contributed by atoms with Gasteiger partial charge in [-0.2, -0.15) is 0 Å². The Hall–Kier alpha value is -1.89. The summed E-state index contributed by atoms with van der Waals surface area (Å²) in [6.07, 6.45) is 0.641. The smallest absolute Gasteiger partial charge is 0.331 e. The molecule has 0 saturated heterocycles. The summed E-state index contributed by atoms with van der Waals surface area (Å²) in [5, 5.41) is 24.0. The molecule has 0 spiro atoms. The molecule has 86 valence electrons. The van der Waals surface area contributed by atoms with E-state index in [-0.39, 0.29) is 5.57 Å². The van der Waals surface area contributed by atoms with Crippen LogP contribution in [0.5, 0.6) is 0 Å². The zero-order valence-electron chi connectivity index (χ0n) is 8.30. The molecule has 0 aliphatic rings. The highest BCUT2D eigenvalue weighted by Gasteiger charge is 2.00. The standard InChI is InChI=1S/C5H6O4.C3H7NO2/c1-3(5(8)9)2-4(6)7;1-2(4)3(5)6/h2H,1H3,(H,6,7)(H,8,9);2H,4H2,1H3,(H,5,6)/b3-2+;/t;2-/m.0/s1. The average Bonchev–Trinajstić information content (AvgIpc) is 2.03. The summed E-state index contributed by atoms with van der Waals surface area (Å²) in [6, 6.07) is -0.731. The number of nitrogens with two attached hydrogens (primary N) is 1. The van der Waals surface area contributed by atoms with Crippen molar-refractivity contribution in [2.24, 2.45) is 5.73 Å². The highest BCUT2D eigenvalue weighted by molar-refractivity contribution is 5.93. The number of carbonyl (C=O) groups is 3. The van der Waals surface area contributed by atoms with Crippen LogP contribution in [0.4, 0.5) is 0 Å². The first-order valence-electron chi connectivity index (χ1n) is 3.81. The Bertz CT molecular complexity index is 281. The molecule has 0 aromatic carbocycles. The molecule has 0 saturated carbocycles. The quantitative estimate of drug-likeness (QED) is 0.470. The number of aliphatic carboxylic acids is 3. The lowest BCUT2D eigenvalue weighted by Gasteiger charge is -1.90. The molecule has 0 aliphatic heterocycles. The Labute approximate surface area is 85.8 Å². The minimum atomic E-state index is -1.24.